The van der Waals surface area contributed by atoms with Crippen LogP contribution in [0.15, 0.2) is 41.1 Å². The smallest absolute Gasteiger partial charge is 0.246 e. The Morgan fingerprint density at radius 2 is 1.91 bits per heavy atom. The molecule has 0 aromatic carbocycles. The molecule has 1 amide bonds. The van der Waals surface area contributed by atoms with Crippen LogP contribution in [0.5, 0.6) is 0 Å². The highest BCUT2D eigenvalue weighted by atomic mass is 32.1. The molecule has 0 spiro atoms. The van der Waals surface area contributed by atoms with E-state index in [2.05, 4.69) is 4.90 Å². The van der Waals surface area contributed by atoms with E-state index in [-0.39, 0.29) is 5.91 Å². The summed E-state index contributed by atoms with van der Waals surface area (Å²) in [6, 6.07) is 7.90. The number of piperazine rings is 1. The molecule has 2 aromatic heterocycles. The number of carbonyl (C=O) groups is 1. The SMILES string of the molecule is O=C(/C=C/c1cccs1)N1CCN(C[C@@H](O)c2cccs2)CC1. The van der Waals surface area contributed by atoms with Gasteiger partial charge in [0.15, 0.2) is 0 Å². The number of rotatable bonds is 5. The lowest BCUT2D eigenvalue weighted by atomic mass is 10.2. The summed E-state index contributed by atoms with van der Waals surface area (Å²) in [6.07, 6.45) is 3.10. The Morgan fingerprint density at radius 3 is 2.57 bits per heavy atom. The molecule has 0 saturated carbocycles. The fraction of sp³-hybridized carbons (Fsp3) is 0.353. The van der Waals surface area contributed by atoms with Gasteiger partial charge in [0.05, 0.1) is 0 Å². The Hall–Kier alpha value is -1.47. The molecule has 1 N–H and O–H groups in total. The standard InChI is InChI=1S/C17H20N2O2S2/c20-15(16-4-2-12-23-16)13-18-7-9-19(10-8-18)17(21)6-5-14-3-1-11-22-14/h1-6,11-12,15,20H,7-10,13H2/b6-5+/t15-/m1/s1. The fourth-order valence-electron chi connectivity index (χ4n) is 2.61. The van der Waals surface area contributed by atoms with Gasteiger partial charge in [-0.1, -0.05) is 12.1 Å². The maximum Gasteiger partial charge on any atom is 0.246 e. The van der Waals surface area contributed by atoms with Gasteiger partial charge in [0.1, 0.15) is 6.10 Å². The molecular formula is C17H20N2O2S2. The molecule has 3 rings (SSSR count). The Bertz CT molecular complexity index is 630. The van der Waals surface area contributed by atoms with Gasteiger partial charge < -0.3 is 10.0 Å². The summed E-state index contributed by atoms with van der Waals surface area (Å²) in [6.45, 7) is 3.67. The first-order valence-electron chi connectivity index (χ1n) is 7.67. The molecule has 1 atom stereocenters. The van der Waals surface area contributed by atoms with Crippen molar-refractivity contribution in [2.24, 2.45) is 0 Å². The molecule has 0 radical (unpaired) electrons. The second kappa shape index (κ2) is 7.88. The zero-order chi connectivity index (χ0) is 16.1. The maximum absolute atomic E-state index is 12.2. The first-order valence-corrected chi connectivity index (χ1v) is 9.42. The van der Waals surface area contributed by atoms with Gasteiger partial charge in [-0.2, -0.15) is 0 Å². The molecule has 0 aliphatic carbocycles. The average Bonchev–Trinajstić information content (AvgIpc) is 3.26. The van der Waals surface area contributed by atoms with Gasteiger partial charge in [-0.25, -0.2) is 0 Å². The molecular weight excluding hydrogens is 328 g/mol. The molecule has 4 nitrogen and oxygen atoms in total. The van der Waals surface area contributed by atoms with Gasteiger partial charge in [-0.3, -0.25) is 9.69 Å². The van der Waals surface area contributed by atoms with Crippen LogP contribution in [0.2, 0.25) is 0 Å². The van der Waals surface area contributed by atoms with Gasteiger partial charge >= 0.3 is 0 Å². The minimum atomic E-state index is -0.434. The summed E-state index contributed by atoms with van der Waals surface area (Å²) in [5.74, 6) is 0.0665. The maximum atomic E-state index is 12.2. The van der Waals surface area contributed by atoms with Crippen LogP contribution in [0.3, 0.4) is 0 Å². The summed E-state index contributed by atoms with van der Waals surface area (Å²) >= 11 is 3.21. The largest absolute Gasteiger partial charge is 0.386 e. The second-order valence-electron chi connectivity index (χ2n) is 5.51. The fourth-order valence-corrected chi connectivity index (χ4v) is 3.93. The van der Waals surface area contributed by atoms with E-state index in [1.54, 1.807) is 28.7 Å². The number of hydrogen-bond donors (Lipinski definition) is 1. The van der Waals surface area contributed by atoms with Crippen molar-refractivity contribution < 1.29 is 9.90 Å². The molecule has 1 saturated heterocycles. The lowest BCUT2D eigenvalue weighted by Crippen LogP contribution is -2.49. The first kappa shape index (κ1) is 16.4. The summed E-state index contributed by atoms with van der Waals surface area (Å²) in [4.78, 5) is 18.4. The van der Waals surface area contributed by atoms with Crippen molar-refractivity contribution in [1.29, 1.82) is 0 Å². The van der Waals surface area contributed by atoms with E-state index in [9.17, 15) is 9.90 Å². The second-order valence-corrected chi connectivity index (χ2v) is 7.46. The van der Waals surface area contributed by atoms with Crippen molar-refractivity contribution >= 4 is 34.7 Å². The van der Waals surface area contributed by atoms with E-state index < -0.39 is 6.10 Å². The average molecular weight is 348 g/mol. The van der Waals surface area contributed by atoms with E-state index >= 15 is 0 Å². The number of β-amino-alcohol motifs (C(OH)–C–C–N with tert-alkyl or cyclic N) is 1. The van der Waals surface area contributed by atoms with Crippen LogP contribution in [0.4, 0.5) is 0 Å². The van der Waals surface area contributed by atoms with Crippen LogP contribution >= 0.6 is 22.7 Å². The van der Waals surface area contributed by atoms with Gasteiger partial charge in [-0.05, 0) is 29.0 Å². The molecule has 1 aliphatic rings. The molecule has 3 heterocycles. The zero-order valence-corrected chi connectivity index (χ0v) is 14.4. The van der Waals surface area contributed by atoms with Gasteiger partial charge in [-0.15, -0.1) is 22.7 Å². The summed E-state index contributed by atoms with van der Waals surface area (Å²) in [5, 5.41) is 14.2. The van der Waals surface area contributed by atoms with E-state index in [0.717, 1.165) is 22.8 Å². The van der Waals surface area contributed by atoms with Crippen molar-refractivity contribution in [3.05, 3.63) is 50.9 Å². The highest BCUT2D eigenvalue weighted by molar-refractivity contribution is 7.10. The molecule has 0 unspecified atom stereocenters. The lowest BCUT2D eigenvalue weighted by Gasteiger charge is -2.35. The van der Waals surface area contributed by atoms with Crippen LogP contribution in [-0.2, 0) is 4.79 Å². The molecule has 0 bridgehead atoms. The molecule has 122 valence electrons. The van der Waals surface area contributed by atoms with Crippen molar-refractivity contribution in [2.75, 3.05) is 32.7 Å². The van der Waals surface area contributed by atoms with Crippen molar-refractivity contribution in [1.82, 2.24) is 9.80 Å². The number of thiophene rings is 2. The number of aliphatic hydroxyl groups excluding tert-OH is 1. The van der Waals surface area contributed by atoms with Gasteiger partial charge in [0.2, 0.25) is 5.91 Å². The molecule has 23 heavy (non-hydrogen) atoms. The normalized spacial score (nSPS) is 17.7. The highest BCUT2D eigenvalue weighted by Crippen LogP contribution is 2.20. The predicted molar refractivity (Wildman–Crippen MR) is 95.7 cm³/mol. The van der Waals surface area contributed by atoms with Crippen molar-refractivity contribution in [2.45, 2.75) is 6.10 Å². The van der Waals surface area contributed by atoms with E-state index in [1.807, 2.05) is 46.0 Å². The minimum absolute atomic E-state index is 0.0665. The van der Waals surface area contributed by atoms with Crippen LogP contribution in [0.1, 0.15) is 15.9 Å². The number of hydrogen-bond acceptors (Lipinski definition) is 5. The van der Waals surface area contributed by atoms with Crippen LogP contribution in [0.25, 0.3) is 6.08 Å². The van der Waals surface area contributed by atoms with Crippen LogP contribution in [-0.4, -0.2) is 53.5 Å². The highest BCUT2D eigenvalue weighted by Gasteiger charge is 2.22. The van der Waals surface area contributed by atoms with E-state index in [1.165, 1.54) is 0 Å². The number of aliphatic hydroxyl groups is 1. The van der Waals surface area contributed by atoms with Gasteiger partial charge in [0, 0.05) is 48.6 Å². The topological polar surface area (TPSA) is 43.8 Å². The van der Waals surface area contributed by atoms with E-state index in [4.69, 9.17) is 0 Å². The number of carbonyl (C=O) groups excluding carboxylic acids is 1. The third kappa shape index (κ3) is 4.51. The zero-order valence-electron chi connectivity index (χ0n) is 12.8. The van der Waals surface area contributed by atoms with Crippen molar-refractivity contribution in [3.63, 3.8) is 0 Å². The number of amides is 1. The lowest BCUT2D eigenvalue weighted by molar-refractivity contribution is -0.127. The first-order chi connectivity index (χ1) is 11.2. The minimum Gasteiger partial charge on any atom is -0.386 e. The molecule has 2 aromatic rings. The van der Waals surface area contributed by atoms with Gasteiger partial charge in [0.25, 0.3) is 0 Å². The number of nitrogens with zero attached hydrogens (tertiary/aromatic N) is 2. The monoisotopic (exact) mass is 348 g/mol. The van der Waals surface area contributed by atoms with Crippen LogP contribution in [0, 0.1) is 0 Å². The summed E-state index contributed by atoms with van der Waals surface area (Å²) in [7, 11) is 0. The summed E-state index contributed by atoms with van der Waals surface area (Å²) < 4.78 is 0. The quantitative estimate of drug-likeness (QED) is 0.845. The molecule has 1 fully saturated rings. The third-order valence-electron chi connectivity index (χ3n) is 3.92. The van der Waals surface area contributed by atoms with E-state index in [0.29, 0.717) is 19.6 Å². The Morgan fingerprint density at radius 1 is 1.17 bits per heavy atom. The predicted octanol–water partition coefficient (Wildman–Crippen LogP) is 2.70. The molecule has 1 aliphatic heterocycles. The molecule has 6 heteroatoms. The van der Waals surface area contributed by atoms with Crippen molar-refractivity contribution in [3.8, 4) is 0 Å². The summed E-state index contributed by atoms with van der Waals surface area (Å²) in [5.41, 5.74) is 0. The van der Waals surface area contributed by atoms with Crippen LogP contribution < -0.4 is 0 Å². The Labute approximate surface area is 144 Å². The third-order valence-corrected chi connectivity index (χ3v) is 5.73. The Balaban J connectivity index is 1.45. The Kier molecular flexibility index (Phi) is 5.61.